The zero-order valence-corrected chi connectivity index (χ0v) is 9.68. The molecule has 1 aliphatic heterocycles. The lowest BCUT2D eigenvalue weighted by atomic mass is 10.1. The van der Waals surface area contributed by atoms with Gasteiger partial charge in [0.05, 0.1) is 11.3 Å². The molecule has 1 aliphatic rings. The van der Waals surface area contributed by atoms with E-state index in [0.29, 0.717) is 0 Å². The Morgan fingerprint density at radius 1 is 1.35 bits per heavy atom. The number of aliphatic carboxylic acids is 1. The van der Waals surface area contributed by atoms with Crippen molar-refractivity contribution in [2.45, 2.75) is 0 Å². The third kappa shape index (κ3) is 3.98. The van der Waals surface area contributed by atoms with Crippen LogP contribution in [0.15, 0.2) is 36.5 Å². The molecular weight excluding hydrogens is 220 g/mol. The number of amides is 1. The summed E-state index contributed by atoms with van der Waals surface area (Å²) in [5, 5.41) is 10.7. The fourth-order valence-corrected chi connectivity index (χ4v) is 1.13. The molecule has 1 aromatic carbocycles. The predicted octanol–water partition coefficient (Wildman–Crippen LogP) is 1.40. The molecule has 0 aliphatic carbocycles. The summed E-state index contributed by atoms with van der Waals surface area (Å²) in [6.07, 6.45) is 2.56. The van der Waals surface area contributed by atoms with Gasteiger partial charge in [0.25, 0.3) is 5.91 Å². The maximum Gasteiger partial charge on any atom is 0.329 e. The highest BCUT2D eigenvalue weighted by Gasteiger charge is 2.19. The van der Waals surface area contributed by atoms with Crippen molar-refractivity contribution < 1.29 is 14.7 Å². The number of hydrogen-bond acceptors (Lipinski definition) is 3. The molecule has 0 unspecified atom stereocenters. The molecule has 0 bridgehead atoms. The third-order valence-electron chi connectivity index (χ3n) is 1.94. The van der Waals surface area contributed by atoms with Crippen molar-refractivity contribution in [1.82, 2.24) is 4.90 Å². The van der Waals surface area contributed by atoms with Gasteiger partial charge in [-0.25, -0.2) is 4.79 Å². The van der Waals surface area contributed by atoms with Gasteiger partial charge < -0.3 is 15.3 Å². The molecule has 1 heterocycles. The maximum absolute atomic E-state index is 10.6. The van der Waals surface area contributed by atoms with E-state index in [-0.39, 0.29) is 5.91 Å². The normalized spacial score (nSPS) is 11.8. The number of rotatable bonds is 2. The van der Waals surface area contributed by atoms with Crippen LogP contribution >= 0.6 is 0 Å². The van der Waals surface area contributed by atoms with Crippen molar-refractivity contribution in [1.29, 1.82) is 0 Å². The van der Waals surface area contributed by atoms with E-state index in [0.717, 1.165) is 17.3 Å². The zero-order chi connectivity index (χ0) is 12.8. The molecule has 1 amide bonds. The van der Waals surface area contributed by atoms with E-state index in [1.54, 1.807) is 19.0 Å². The summed E-state index contributed by atoms with van der Waals surface area (Å²) < 4.78 is 0. The lowest BCUT2D eigenvalue weighted by Crippen LogP contribution is -2.23. The van der Waals surface area contributed by atoms with Gasteiger partial charge >= 0.3 is 5.97 Å². The first-order valence-electron chi connectivity index (χ1n) is 4.98. The number of carbonyl (C=O) groups is 2. The fraction of sp³-hybridized carbons (Fsp3) is 0.167. The Kier molecular flexibility index (Phi) is 4.28. The van der Waals surface area contributed by atoms with E-state index in [1.807, 2.05) is 24.3 Å². The highest BCUT2D eigenvalue weighted by molar-refractivity contribution is 6.17. The second-order valence-electron chi connectivity index (χ2n) is 3.62. The number of carbonyl (C=O) groups excluding carboxylic acids is 1. The van der Waals surface area contributed by atoms with Crippen molar-refractivity contribution in [2.24, 2.45) is 0 Å². The molecule has 5 nitrogen and oxygen atoms in total. The second-order valence-corrected chi connectivity index (χ2v) is 3.62. The van der Waals surface area contributed by atoms with E-state index in [2.05, 4.69) is 5.32 Å². The molecule has 1 aromatic rings. The van der Waals surface area contributed by atoms with Gasteiger partial charge in [-0.1, -0.05) is 12.1 Å². The van der Waals surface area contributed by atoms with Gasteiger partial charge in [-0.05, 0) is 12.1 Å². The van der Waals surface area contributed by atoms with Crippen LogP contribution in [-0.4, -0.2) is 36.0 Å². The summed E-state index contributed by atoms with van der Waals surface area (Å²) >= 11 is 0. The first-order chi connectivity index (χ1) is 8.00. The van der Waals surface area contributed by atoms with E-state index in [4.69, 9.17) is 5.11 Å². The standard InChI is InChI=1S/C7H5NO.C5H9NO2/c9-7-5-3-1-2-4-6(5)8-7;1-6(2)4-3-5(7)8/h1-4H,(H,8,9);3-4H,1-2H3,(H,7,8)/b;4-3-. The van der Waals surface area contributed by atoms with E-state index < -0.39 is 5.97 Å². The summed E-state index contributed by atoms with van der Waals surface area (Å²) in [7, 11) is 3.53. The number of para-hydroxylation sites is 1. The molecule has 2 N–H and O–H groups in total. The summed E-state index contributed by atoms with van der Waals surface area (Å²) in [5.74, 6) is -0.885. The lowest BCUT2D eigenvalue weighted by Gasteiger charge is -2.17. The van der Waals surface area contributed by atoms with Crippen LogP contribution in [0.25, 0.3) is 0 Å². The Balaban J connectivity index is 0.000000172. The van der Waals surface area contributed by atoms with Crippen LogP contribution in [0.4, 0.5) is 5.69 Å². The molecule has 0 saturated heterocycles. The van der Waals surface area contributed by atoms with Crippen molar-refractivity contribution in [3.05, 3.63) is 42.1 Å². The Morgan fingerprint density at radius 2 is 2.00 bits per heavy atom. The molecule has 5 heteroatoms. The number of benzene rings is 1. The molecule has 0 spiro atoms. The van der Waals surface area contributed by atoms with Crippen LogP contribution in [0.5, 0.6) is 0 Å². The van der Waals surface area contributed by atoms with Gasteiger partial charge in [0, 0.05) is 26.4 Å². The van der Waals surface area contributed by atoms with Crippen LogP contribution in [-0.2, 0) is 4.79 Å². The summed E-state index contributed by atoms with van der Waals surface area (Å²) in [6.45, 7) is 0. The van der Waals surface area contributed by atoms with Gasteiger partial charge in [0.15, 0.2) is 0 Å². The maximum atomic E-state index is 10.6. The third-order valence-corrected chi connectivity index (χ3v) is 1.94. The molecule has 0 radical (unpaired) electrons. The van der Waals surface area contributed by atoms with Gasteiger partial charge in [0.2, 0.25) is 0 Å². The Bertz CT molecular complexity index is 453. The molecule has 0 fully saturated rings. The minimum absolute atomic E-state index is 0.0330. The zero-order valence-electron chi connectivity index (χ0n) is 9.68. The number of carboxylic acid groups (broad SMARTS) is 1. The number of hydrogen-bond donors (Lipinski definition) is 2. The summed E-state index contributed by atoms with van der Waals surface area (Å²) in [5.41, 5.74) is 1.75. The highest BCUT2D eigenvalue weighted by Crippen LogP contribution is 2.23. The topological polar surface area (TPSA) is 69.6 Å². The number of fused-ring (bicyclic) bond motifs is 1. The number of anilines is 1. The van der Waals surface area contributed by atoms with Crippen LogP contribution in [0.1, 0.15) is 10.4 Å². The second kappa shape index (κ2) is 5.69. The Hall–Kier alpha value is -2.30. The fourth-order valence-electron chi connectivity index (χ4n) is 1.13. The monoisotopic (exact) mass is 234 g/mol. The Morgan fingerprint density at radius 3 is 2.35 bits per heavy atom. The first-order valence-corrected chi connectivity index (χ1v) is 4.98. The summed E-state index contributed by atoms with van der Waals surface area (Å²) in [6, 6.07) is 7.46. The molecule has 17 heavy (non-hydrogen) atoms. The molecule has 2 rings (SSSR count). The molecule has 0 saturated carbocycles. The van der Waals surface area contributed by atoms with Crippen LogP contribution in [0.2, 0.25) is 0 Å². The SMILES string of the molecule is CN(C)/C=C\C(=O)O.O=C1Nc2ccccc21. The minimum atomic E-state index is -0.918. The highest BCUT2D eigenvalue weighted by atomic mass is 16.4. The average Bonchev–Trinajstić information content (AvgIpc) is 2.26. The van der Waals surface area contributed by atoms with Crippen LogP contribution < -0.4 is 5.32 Å². The molecular formula is C12H14N2O3. The lowest BCUT2D eigenvalue weighted by molar-refractivity contribution is -0.131. The molecule has 0 atom stereocenters. The van der Waals surface area contributed by atoms with Crippen molar-refractivity contribution in [3.63, 3.8) is 0 Å². The molecule has 0 aromatic heterocycles. The largest absolute Gasteiger partial charge is 0.478 e. The number of nitrogens with one attached hydrogen (secondary N) is 1. The van der Waals surface area contributed by atoms with Crippen molar-refractivity contribution >= 4 is 17.6 Å². The average molecular weight is 234 g/mol. The predicted molar refractivity (Wildman–Crippen MR) is 64.9 cm³/mol. The Labute approximate surface area is 99.4 Å². The smallest absolute Gasteiger partial charge is 0.329 e. The quantitative estimate of drug-likeness (QED) is 0.759. The number of nitrogens with zero attached hydrogens (tertiary/aromatic N) is 1. The van der Waals surface area contributed by atoms with Crippen LogP contribution in [0.3, 0.4) is 0 Å². The molecule has 90 valence electrons. The first kappa shape index (κ1) is 12.8. The van der Waals surface area contributed by atoms with Crippen LogP contribution in [0, 0.1) is 0 Å². The van der Waals surface area contributed by atoms with Gasteiger partial charge in [-0.3, -0.25) is 4.79 Å². The summed E-state index contributed by atoms with van der Waals surface area (Å²) in [4.78, 5) is 22.1. The van der Waals surface area contributed by atoms with Gasteiger partial charge in [-0.15, -0.1) is 0 Å². The van der Waals surface area contributed by atoms with Gasteiger partial charge in [-0.2, -0.15) is 0 Å². The van der Waals surface area contributed by atoms with Gasteiger partial charge in [0.1, 0.15) is 0 Å². The van der Waals surface area contributed by atoms with Crippen molar-refractivity contribution in [2.75, 3.05) is 19.4 Å². The van der Waals surface area contributed by atoms with E-state index in [9.17, 15) is 9.59 Å². The van der Waals surface area contributed by atoms with Crippen molar-refractivity contribution in [3.8, 4) is 0 Å². The minimum Gasteiger partial charge on any atom is -0.478 e. The van der Waals surface area contributed by atoms with E-state index in [1.165, 1.54) is 6.20 Å². The van der Waals surface area contributed by atoms with E-state index >= 15 is 0 Å². The number of carboxylic acids is 1.